The molecule has 0 unspecified atom stereocenters. The van der Waals surface area contributed by atoms with E-state index in [1.165, 1.54) is 11.3 Å². The number of aliphatic hydroxyl groups excluding tert-OH is 1. The summed E-state index contributed by atoms with van der Waals surface area (Å²) in [6, 6.07) is 16.6. The molecule has 0 spiro atoms. The van der Waals surface area contributed by atoms with Gasteiger partial charge >= 0.3 is 0 Å². The number of hydrogen-bond donors (Lipinski definition) is 2. The van der Waals surface area contributed by atoms with Gasteiger partial charge in [-0.15, -0.1) is 11.3 Å². The van der Waals surface area contributed by atoms with Gasteiger partial charge in [0.15, 0.2) is 17.4 Å². The second-order valence-corrected chi connectivity index (χ2v) is 6.61. The van der Waals surface area contributed by atoms with Gasteiger partial charge in [0.1, 0.15) is 0 Å². The first-order valence-corrected chi connectivity index (χ1v) is 8.91. The molecule has 0 aliphatic carbocycles. The molecule has 0 aliphatic rings. The van der Waals surface area contributed by atoms with Crippen molar-refractivity contribution in [3.05, 3.63) is 82.8 Å². The highest BCUT2D eigenvalue weighted by molar-refractivity contribution is 7.81. The first kappa shape index (κ1) is 17.3. The number of nitrogens with one attached hydrogen (secondary N) is 1. The van der Waals surface area contributed by atoms with Gasteiger partial charge in [-0.2, -0.15) is 4.57 Å². The molecule has 0 amide bonds. The van der Waals surface area contributed by atoms with E-state index in [0.29, 0.717) is 21.1 Å². The van der Waals surface area contributed by atoms with Crippen LogP contribution < -0.4 is 15.0 Å². The van der Waals surface area contributed by atoms with Crippen molar-refractivity contribution < 1.29 is 14.8 Å². The lowest BCUT2D eigenvalue weighted by molar-refractivity contribution is -0.578. The second kappa shape index (κ2) is 8.02. The SMILES string of the molecule is [O-]C(=C(C(=S)Nc1ccccc1)[n+]1cccc(CO)c1)c1cccs1. The van der Waals surface area contributed by atoms with Gasteiger partial charge in [-0.3, -0.25) is 0 Å². The largest absolute Gasteiger partial charge is 0.867 e. The molecule has 2 aromatic heterocycles. The van der Waals surface area contributed by atoms with Gasteiger partial charge in [0, 0.05) is 22.2 Å². The number of rotatable bonds is 5. The summed E-state index contributed by atoms with van der Waals surface area (Å²) in [6.07, 6.45) is 3.46. The van der Waals surface area contributed by atoms with E-state index in [9.17, 15) is 10.2 Å². The third kappa shape index (κ3) is 4.11. The zero-order valence-electron chi connectivity index (χ0n) is 13.3. The predicted molar refractivity (Wildman–Crippen MR) is 103 cm³/mol. The van der Waals surface area contributed by atoms with Crippen LogP contribution in [0.25, 0.3) is 11.5 Å². The number of thiophene rings is 1. The summed E-state index contributed by atoms with van der Waals surface area (Å²) >= 11 is 6.89. The van der Waals surface area contributed by atoms with E-state index in [0.717, 1.165) is 5.69 Å². The van der Waals surface area contributed by atoms with Crippen molar-refractivity contribution in [3.63, 3.8) is 0 Å². The van der Waals surface area contributed by atoms with Crippen LogP contribution in [0.15, 0.2) is 72.4 Å². The summed E-state index contributed by atoms with van der Waals surface area (Å²) in [7, 11) is 0. The fraction of sp³-hybridized carbons (Fsp3) is 0.0526. The van der Waals surface area contributed by atoms with Gasteiger partial charge < -0.3 is 15.5 Å². The minimum Gasteiger partial charge on any atom is -0.867 e. The second-order valence-electron chi connectivity index (χ2n) is 5.25. The molecule has 0 fully saturated rings. The standard InChI is InChI=1S/C19H16N2O2S2/c22-13-14-6-4-10-21(12-14)17(18(23)16-9-5-11-25-16)19(24)20-15-7-2-1-3-8-15/h1-12,22H,13H2,(H-,20,23,24). The van der Waals surface area contributed by atoms with Crippen molar-refractivity contribution in [1.82, 2.24) is 0 Å². The fourth-order valence-corrected chi connectivity index (χ4v) is 3.31. The smallest absolute Gasteiger partial charge is 0.239 e. The number of thiocarbonyl (C=S) groups is 1. The Hall–Kier alpha value is -2.54. The van der Waals surface area contributed by atoms with Crippen LogP contribution in [-0.2, 0) is 6.61 Å². The molecule has 25 heavy (non-hydrogen) atoms. The molecule has 3 rings (SSSR count). The van der Waals surface area contributed by atoms with Crippen LogP contribution in [0, 0.1) is 0 Å². The Morgan fingerprint density at radius 1 is 1.12 bits per heavy atom. The van der Waals surface area contributed by atoms with Gasteiger partial charge in [0.2, 0.25) is 5.70 Å². The molecule has 1 aromatic carbocycles. The molecule has 2 heterocycles. The maximum Gasteiger partial charge on any atom is 0.239 e. The summed E-state index contributed by atoms with van der Waals surface area (Å²) in [5.41, 5.74) is 1.85. The minimum atomic E-state index is -0.163. The third-order valence-corrected chi connectivity index (χ3v) is 4.67. The van der Waals surface area contributed by atoms with Gasteiger partial charge in [-0.1, -0.05) is 36.5 Å². The topological polar surface area (TPSA) is 59.2 Å². The van der Waals surface area contributed by atoms with Gasteiger partial charge in [-0.05, 0) is 35.4 Å². The van der Waals surface area contributed by atoms with Crippen molar-refractivity contribution in [2.75, 3.05) is 5.32 Å². The Morgan fingerprint density at radius 2 is 1.92 bits per heavy atom. The van der Waals surface area contributed by atoms with Crippen LogP contribution >= 0.6 is 23.6 Å². The van der Waals surface area contributed by atoms with Crippen LogP contribution in [0.4, 0.5) is 5.69 Å². The molecule has 0 bridgehead atoms. The number of anilines is 1. The summed E-state index contributed by atoms with van der Waals surface area (Å²) < 4.78 is 1.66. The van der Waals surface area contributed by atoms with Crippen LogP contribution in [0.5, 0.6) is 0 Å². The van der Waals surface area contributed by atoms with E-state index in [4.69, 9.17) is 12.2 Å². The zero-order chi connectivity index (χ0) is 17.6. The summed E-state index contributed by atoms with van der Waals surface area (Å²) in [5.74, 6) is -0.163. The van der Waals surface area contributed by atoms with Crippen molar-refractivity contribution in [3.8, 4) is 0 Å². The van der Waals surface area contributed by atoms with Crippen LogP contribution in [-0.4, -0.2) is 10.1 Å². The van der Waals surface area contributed by atoms with E-state index in [1.54, 1.807) is 35.2 Å². The van der Waals surface area contributed by atoms with E-state index < -0.39 is 0 Å². The maximum absolute atomic E-state index is 13.0. The van der Waals surface area contributed by atoms with E-state index in [2.05, 4.69) is 5.32 Å². The summed E-state index contributed by atoms with van der Waals surface area (Å²) in [6.45, 7) is -0.111. The molecule has 2 N–H and O–H groups in total. The Bertz CT molecular complexity index is 891. The van der Waals surface area contributed by atoms with Crippen LogP contribution in [0.3, 0.4) is 0 Å². The molecular formula is C19H16N2O2S2. The van der Waals surface area contributed by atoms with Gasteiger partial charge in [-0.25, -0.2) is 0 Å². The lowest BCUT2D eigenvalue weighted by Crippen LogP contribution is -2.40. The lowest BCUT2D eigenvalue weighted by Gasteiger charge is -2.15. The highest BCUT2D eigenvalue weighted by atomic mass is 32.1. The number of aromatic nitrogens is 1. The van der Waals surface area contributed by atoms with E-state index in [-0.39, 0.29) is 12.4 Å². The number of aliphatic hydroxyl groups is 1. The first-order valence-electron chi connectivity index (χ1n) is 7.62. The number of nitrogens with zero attached hydrogens (tertiary/aromatic N) is 1. The third-order valence-electron chi connectivity index (χ3n) is 3.51. The molecule has 0 saturated heterocycles. The molecule has 126 valence electrons. The van der Waals surface area contributed by atoms with Crippen molar-refractivity contribution in [1.29, 1.82) is 0 Å². The van der Waals surface area contributed by atoms with Crippen molar-refractivity contribution >= 4 is 45.7 Å². The maximum atomic E-state index is 13.0. The number of hydrogen-bond acceptors (Lipinski definition) is 4. The molecular weight excluding hydrogens is 352 g/mol. The lowest BCUT2D eigenvalue weighted by atomic mass is 10.2. The molecule has 6 heteroatoms. The minimum absolute atomic E-state index is 0.111. The van der Waals surface area contributed by atoms with E-state index in [1.807, 2.05) is 41.8 Å². The average molecular weight is 368 g/mol. The highest BCUT2D eigenvalue weighted by Gasteiger charge is 2.19. The zero-order valence-corrected chi connectivity index (χ0v) is 14.9. The van der Waals surface area contributed by atoms with Gasteiger partial charge in [0.25, 0.3) is 0 Å². The Labute approximate surface area is 155 Å². The fourth-order valence-electron chi connectivity index (χ4n) is 2.33. The molecule has 3 aromatic rings. The average Bonchev–Trinajstić information content (AvgIpc) is 3.17. The molecule has 0 radical (unpaired) electrons. The van der Waals surface area contributed by atoms with Crippen molar-refractivity contribution in [2.24, 2.45) is 0 Å². The number of para-hydroxylation sites is 1. The molecule has 4 nitrogen and oxygen atoms in total. The monoisotopic (exact) mass is 368 g/mol. The quantitative estimate of drug-likeness (QED) is 0.315. The predicted octanol–water partition coefficient (Wildman–Crippen LogP) is 2.65. The van der Waals surface area contributed by atoms with Gasteiger partial charge in [0.05, 0.1) is 6.61 Å². The molecule has 0 atom stereocenters. The highest BCUT2D eigenvalue weighted by Crippen LogP contribution is 2.21. The Kier molecular flexibility index (Phi) is 5.55. The molecule has 0 aliphatic heterocycles. The van der Waals surface area contributed by atoms with Crippen molar-refractivity contribution in [2.45, 2.75) is 6.61 Å². The normalized spacial score (nSPS) is 11.7. The summed E-state index contributed by atoms with van der Waals surface area (Å²) in [5, 5.41) is 27.4. The summed E-state index contributed by atoms with van der Waals surface area (Å²) in [4.78, 5) is 0.929. The molecule has 0 saturated carbocycles. The number of pyridine rings is 1. The Morgan fingerprint density at radius 3 is 2.60 bits per heavy atom. The Balaban J connectivity index is 2.06. The van der Waals surface area contributed by atoms with Crippen LogP contribution in [0.2, 0.25) is 0 Å². The number of benzene rings is 1. The van der Waals surface area contributed by atoms with Crippen LogP contribution in [0.1, 0.15) is 10.4 Å². The van der Waals surface area contributed by atoms with E-state index >= 15 is 0 Å². The first-order chi connectivity index (χ1) is 12.2.